The molecule has 0 aliphatic carbocycles. The highest BCUT2D eigenvalue weighted by atomic mass is 79.9. The number of aryl methyl sites for hydroxylation is 1. The second-order valence-corrected chi connectivity index (χ2v) is 7.77. The Morgan fingerprint density at radius 2 is 1.88 bits per heavy atom. The summed E-state index contributed by atoms with van der Waals surface area (Å²) < 4.78 is 6.17. The van der Waals surface area contributed by atoms with Gasteiger partial charge in [0.2, 0.25) is 0 Å². The zero-order chi connectivity index (χ0) is 23.0. The number of halogens is 1. The molecule has 9 nitrogen and oxygen atoms in total. The molecule has 1 aromatic heterocycles. The lowest BCUT2D eigenvalue weighted by molar-refractivity contribution is -0.384. The Morgan fingerprint density at radius 3 is 2.56 bits per heavy atom. The summed E-state index contributed by atoms with van der Waals surface area (Å²) in [5, 5.41) is 13.1. The van der Waals surface area contributed by atoms with Crippen LogP contribution in [0.2, 0.25) is 0 Å². The van der Waals surface area contributed by atoms with Crippen LogP contribution in [-0.4, -0.2) is 22.8 Å². The van der Waals surface area contributed by atoms with E-state index < -0.39 is 22.8 Å². The molecule has 1 aliphatic heterocycles. The lowest BCUT2D eigenvalue weighted by Crippen LogP contribution is -2.54. The lowest BCUT2D eigenvalue weighted by atomic mass is 10.1. The van der Waals surface area contributed by atoms with Crippen LogP contribution in [0.25, 0.3) is 17.4 Å². The van der Waals surface area contributed by atoms with Crippen molar-refractivity contribution in [3.05, 3.63) is 86.1 Å². The first-order valence-corrected chi connectivity index (χ1v) is 10.1. The first-order chi connectivity index (χ1) is 15.2. The van der Waals surface area contributed by atoms with E-state index in [-0.39, 0.29) is 17.0 Å². The molecule has 3 aromatic rings. The Kier molecular flexibility index (Phi) is 5.45. The molecular formula is C22H14BrN3O6. The van der Waals surface area contributed by atoms with Gasteiger partial charge in [0.1, 0.15) is 17.1 Å². The van der Waals surface area contributed by atoms with Gasteiger partial charge in [-0.3, -0.25) is 25.0 Å². The number of carbonyl (C=O) groups excluding carboxylic acids is 3. The number of barbiturate groups is 1. The summed E-state index contributed by atoms with van der Waals surface area (Å²) in [7, 11) is 0. The molecule has 4 rings (SSSR count). The largest absolute Gasteiger partial charge is 0.457 e. The maximum Gasteiger partial charge on any atom is 0.335 e. The molecule has 10 heteroatoms. The van der Waals surface area contributed by atoms with Crippen molar-refractivity contribution in [2.75, 3.05) is 4.90 Å². The first-order valence-electron chi connectivity index (χ1n) is 9.27. The Hall–Kier alpha value is -4.05. The number of rotatable bonds is 4. The number of hydrogen-bond acceptors (Lipinski definition) is 6. The molecule has 160 valence electrons. The van der Waals surface area contributed by atoms with Crippen LogP contribution in [0.15, 0.2) is 69.1 Å². The second-order valence-electron chi connectivity index (χ2n) is 6.92. The number of non-ortho nitro benzene ring substituents is 1. The number of imide groups is 2. The molecular weight excluding hydrogens is 482 g/mol. The van der Waals surface area contributed by atoms with Crippen LogP contribution in [0.1, 0.15) is 11.3 Å². The van der Waals surface area contributed by atoms with E-state index in [1.54, 1.807) is 30.3 Å². The quantitative estimate of drug-likeness (QED) is 0.244. The van der Waals surface area contributed by atoms with Gasteiger partial charge in [0.05, 0.1) is 10.6 Å². The maximum absolute atomic E-state index is 13.0. The fraction of sp³-hybridized carbons (Fsp3) is 0.0455. The molecule has 32 heavy (non-hydrogen) atoms. The number of nitro benzene ring substituents is 1. The van der Waals surface area contributed by atoms with Crippen LogP contribution >= 0.6 is 15.9 Å². The van der Waals surface area contributed by atoms with Gasteiger partial charge in [-0.1, -0.05) is 12.1 Å². The van der Waals surface area contributed by atoms with Crippen LogP contribution in [0, 0.1) is 17.0 Å². The Balaban J connectivity index is 1.67. The highest BCUT2D eigenvalue weighted by molar-refractivity contribution is 9.10. The Labute approximate surface area is 189 Å². The molecule has 0 atom stereocenters. The van der Waals surface area contributed by atoms with Crippen molar-refractivity contribution < 1.29 is 23.7 Å². The topological polar surface area (TPSA) is 123 Å². The summed E-state index contributed by atoms with van der Waals surface area (Å²) in [5.41, 5.74) is 1.38. The Bertz CT molecular complexity index is 1330. The van der Waals surface area contributed by atoms with Crippen LogP contribution in [0.3, 0.4) is 0 Å². The molecule has 4 amide bonds. The van der Waals surface area contributed by atoms with Crippen molar-refractivity contribution in [1.29, 1.82) is 0 Å². The number of anilines is 1. The minimum absolute atomic E-state index is 0.0834. The zero-order valence-electron chi connectivity index (χ0n) is 16.5. The van der Waals surface area contributed by atoms with Crippen molar-refractivity contribution in [2.45, 2.75) is 6.92 Å². The molecule has 0 unspecified atom stereocenters. The normalized spacial score (nSPS) is 15.2. The molecule has 1 N–H and O–H groups in total. The number of urea groups is 1. The zero-order valence-corrected chi connectivity index (χ0v) is 18.1. The minimum Gasteiger partial charge on any atom is -0.457 e. The fourth-order valence-electron chi connectivity index (χ4n) is 3.19. The van der Waals surface area contributed by atoms with Gasteiger partial charge in [0.15, 0.2) is 0 Å². The van der Waals surface area contributed by atoms with Gasteiger partial charge in [-0.25, -0.2) is 9.69 Å². The van der Waals surface area contributed by atoms with Crippen molar-refractivity contribution in [1.82, 2.24) is 5.32 Å². The summed E-state index contributed by atoms with van der Waals surface area (Å²) in [6.07, 6.45) is 1.25. The van der Waals surface area contributed by atoms with Gasteiger partial charge in [-0.2, -0.15) is 0 Å². The number of benzene rings is 2. The highest BCUT2D eigenvalue weighted by Gasteiger charge is 2.37. The van der Waals surface area contributed by atoms with E-state index in [4.69, 9.17) is 4.42 Å². The van der Waals surface area contributed by atoms with E-state index >= 15 is 0 Å². The summed E-state index contributed by atoms with van der Waals surface area (Å²) in [6.45, 7) is 1.82. The molecule has 0 spiro atoms. The second kappa shape index (κ2) is 8.23. The SMILES string of the molecule is Cc1cccc(N2C(=O)NC(=O)/C(=C\c3ccc(-c4ccc([N+](=O)[O-])cc4Br)o3)C2=O)c1. The van der Waals surface area contributed by atoms with Gasteiger partial charge in [-0.15, -0.1) is 0 Å². The number of nitrogens with one attached hydrogen (secondary N) is 1. The molecule has 0 bridgehead atoms. The summed E-state index contributed by atoms with van der Waals surface area (Å²) in [4.78, 5) is 48.9. The summed E-state index contributed by atoms with van der Waals surface area (Å²) in [5.74, 6) is -1.05. The van der Waals surface area contributed by atoms with E-state index in [2.05, 4.69) is 21.2 Å². The number of nitrogens with zero attached hydrogens (tertiary/aromatic N) is 2. The smallest absolute Gasteiger partial charge is 0.335 e. The molecule has 0 radical (unpaired) electrons. The van der Waals surface area contributed by atoms with Crippen LogP contribution in [0.4, 0.5) is 16.2 Å². The number of amides is 4. The highest BCUT2D eigenvalue weighted by Crippen LogP contribution is 2.33. The van der Waals surface area contributed by atoms with Crippen molar-refractivity contribution in [3.8, 4) is 11.3 Å². The third-order valence-corrected chi connectivity index (χ3v) is 5.36. The molecule has 1 aliphatic rings. The minimum atomic E-state index is -0.835. The molecule has 1 fully saturated rings. The van der Waals surface area contributed by atoms with Crippen LogP contribution < -0.4 is 10.2 Å². The maximum atomic E-state index is 13.0. The Morgan fingerprint density at radius 1 is 1.09 bits per heavy atom. The van der Waals surface area contributed by atoms with Gasteiger partial charge >= 0.3 is 6.03 Å². The number of hydrogen-bond donors (Lipinski definition) is 1. The standard InChI is InChI=1S/C22H14BrN3O6/c1-12-3-2-4-13(9-12)25-21(28)17(20(27)24-22(25)29)11-15-6-8-19(32-15)16-7-5-14(26(30)31)10-18(16)23/h2-11H,1H3,(H,24,27,29)/b17-11+. The van der Waals surface area contributed by atoms with Crippen molar-refractivity contribution in [3.63, 3.8) is 0 Å². The van der Waals surface area contributed by atoms with Gasteiger partial charge in [0, 0.05) is 22.2 Å². The van der Waals surface area contributed by atoms with Crippen molar-refractivity contribution in [2.24, 2.45) is 0 Å². The monoisotopic (exact) mass is 495 g/mol. The van der Waals surface area contributed by atoms with Gasteiger partial charge < -0.3 is 4.42 Å². The van der Waals surface area contributed by atoms with E-state index in [1.807, 2.05) is 13.0 Å². The van der Waals surface area contributed by atoms with E-state index in [0.29, 0.717) is 21.5 Å². The van der Waals surface area contributed by atoms with Crippen molar-refractivity contribution >= 4 is 51.2 Å². The summed E-state index contributed by atoms with van der Waals surface area (Å²) in [6, 6.07) is 13.3. The predicted octanol–water partition coefficient (Wildman–Crippen LogP) is 4.59. The third kappa shape index (κ3) is 3.95. The molecule has 2 aromatic carbocycles. The number of furan rings is 1. The molecule has 1 saturated heterocycles. The van der Waals surface area contributed by atoms with E-state index in [0.717, 1.165) is 10.5 Å². The number of nitro groups is 1. The lowest BCUT2D eigenvalue weighted by Gasteiger charge is -2.26. The average Bonchev–Trinajstić information content (AvgIpc) is 3.19. The summed E-state index contributed by atoms with van der Waals surface area (Å²) >= 11 is 3.28. The van der Waals surface area contributed by atoms with Crippen LogP contribution in [0.5, 0.6) is 0 Å². The average molecular weight is 496 g/mol. The van der Waals surface area contributed by atoms with E-state index in [9.17, 15) is 24.5 Å². The van der Waals surface area contributed by atoms with E-state index in [1.165, 1.54) is 24.3 Å². The van der Waals surface area contributed by atoms with Gasteiger partial charge in [-0.05, 0) is 64.8 Å². The third-order valence-electron chi connectivity index (χ3n) is 4.70. The fourth-order valence-corrected chi connectivity index (χ4v) is 3.76. The molecule has 2 heterocycles. The number of carbonyl (C=O) groups is 3. The molecule has 0 saturated carbocycles. The predicted molar refractivity (Wildman–Crippen MR) is 119 cm³/mol. The van der Waals surface area contributed by atoms with Gasteiger partial charge in [0.25, 0.3) is 17.5 Å². The first kappa shape index (κ1) is 21.2. The van der Waals surface area contributed by atoms with Crippen LogP contribution in [-0.2, 0) is 9.59 Å².